The predicted octanol–water partition coefficient (Wildman–Crippen LogP) is 2.28. The summed E-state index contributed by atoms with van der Waals surface area (Å²) in [7, 11) is 0. The van der Waals surface area contributed by atoms with E-state index in [0.29, 0.717) is 6.04 Å². The molecule has 2 atom stereocenters. The van der Waals surface area contributed by atoms with Gasteiger partial charge in [0.2, 0.25) is 0 Å². The van der Waals surface area contributed by atoms with Crippen LogP contribution in [0.3, 0.4) is 0 Å². The lowest BCUT2D eigenvalue weighted by Crippen LogP contribution is -2.22. The highest BCUT2D eigenvalue weighted by Crippen LogP contribution is 2.28. The topological polar surface area (TPSA) is 50.7 Å². The minimum absolute atomic E-state index is 0.416. The summed E-state index contributed by atoms with van der Waals surface area (Å²) in [5.41, 5.74) is 0. The second-order valence-electron chi connectivity index (χ2n) is 3.25. The lowest BCUT2D eigenvalue weighted by Gasteiger charge is -2.26. The van der Waals surface area contributed by atoms with Crippen molar-refractivity contribution in [1.29, 1.82) is 0 Å². The first-order chi connectivity index (χ1) is 5.38. The second-order valence-corrected chi connectivity index (χ2v) is 3.25. The maximum atomic E-state index is 5.03. The fraction of sp³-hybridized carbons (Fsp3) is 1.00. The van der Waals surface area contributed by atoms with E-state index in [4.69, 9.17) is 5.84 Å². The van der Waals surface area contributed by atoms with E-state index < -0.39 is 0 Å². The molecular weight excluding hydrogens is 138 g/mol. The Morgan fingerprint density at radius 2 is 2.09 bits per heavy atom. The Bertz CT molecular complexity index is 133. The molecule has 1 rings (SSSR count). The van der Waals surface area contributed by atoms with Crippen molar-refractivity contribution in [2.45, 2.75) is 45.1 Å². The van der Waals surface area contributed by atoms with Crippen molar-refractivity contribution >= 4 is 0 Å². The third-order valence-electron chi connectivity index (χ3n) is 2.61. The summed E-state index contributed by atoms with van der Waals surface area (Å²) in [5.74, 6) is 5.77. The largest absolute Gasteiger partial charge is 0.305 e. The second kappa shape index (κ2) is 4.31. The van der Waals surface area contributed by atoms with Crippen molar-refractivity contribution in [3.05, 3.63) is 0 Å². The van der Waals surface area contributed by atoms with Crippen LogP contribution in [0.15, 0.2) is 10.3 Å². The Morgan fingerprint density at radius 1 is 1.36 bits per heavy atom. The van der Waals surface area contributed by atoms with Crippen LogP contribution in [0, 0.1) is 5.92 Å². The van der Waals surface area contributed by atoms with E-state index in [9.17, 15) is 0 Å². The molecule has 0 aromatic carbocycles. The fourth-order valence-electron chi connectivity index (χ4n) is 1.90. The van der Waals surface area contributed by atoms with Gasteiger partial charge in [-0.25, -0.2) is 0 Å². The van der Waals surface area contributed by atoms with Crippen LogP contribution in [0.1, 0.15) is 39.0 Å². The molecule has 1 fully saturated rings. The van der Waals surface area contributed by atoms with Gasteiger partial charge in [-0.3, -0.25) is 0 Å². The van der Waals surface area contributed by atoms with Gasteiger partial charge in [0.15, 0.2) is 0 Å². The van der Waals surface area contributed by atoms with Gasteiger partial charge in [0.25, 0.3) is 0 Å². The van der Waals surface area contributed by atoms with Crippen LogP contribution in [0.2, 0.25) is 0 Å². The van der Waals surface area contributed by atoms with Crippen LogP contribution >= 0.6 is 0 Å². The molecule has 0 amide bonds. The number of hydrogen-bond donors (Lipinski definition) is 1. The Hall–Kier alpha value is -0.600. The van der Waals surface area contributed by atoms with Crippen molar-refractivity contribution in [2.24, 2.45) is 22.1 Å². The van der Waals surface area contributed by atoms with Gasteiger partial charge in [-0.15, -0.1) is 0 Å². The van der Waals surface area contributed by atoms with Crippen LogP contribution in [-0.2, 0) is 0 Å². The average molecular weight is 155 g/mol. The predicted molar refractivity (Wildman–Crippen MR) is 45.1 cm³/mol. The third-order valence-corrected chi connectivity index (χ3v) is 2.61. The number of hydrogen-bond acceptors (Lipinski definition) is 2. The fourth-order valence-corrected chi connectivity index (χ4v) is 1.90. The molecule has 2 N–H and O–H groups in total. The van der Waals surface area contributed by atoms with Gasteiger partial charge in [0.1, 0.15) is 0 Å². The summed E-state index contributed by atoms with van der Waals surface area (Å²) in [4.78, 5) is 0. The molecule has 0 saturated heterocycles. The van der Waals surface area contributed by atoms with Crippen LogP contribution < -0.4 is 5.84 Å². The molecule has 0 radical (unpaired) electrons. The summed E-state index contributed by atoms with van der Waals surface area (Å²) in [5, 5.41) is 7.42. The van der Waals surface area contributed by atoms with Crippen LogP contribution in [0.25, 0.3) is 0 Å². The van der Waals surface area contributed by atoms with Gasteiger partial charge in [0.05, 0.1) is 6.04 Å². The molecule has 0 aromatic rings. The molecule has 0 spiro atoms. The first-order valence-corrected chi connectivity index (χ1v) is 4.48. The first-order valence-electron chi connectivity index (χ1n) is 4.48. The Labute approximate surface area is 68.0 Å². The van der Waals surface area contributed by atoms with Crippen LogP contribution in [0.5, 0.6) is 0 Å². The normalized spacial score (nSPS) is 32.8. The summed E-state index contributed by atoms with van der Waals surface area (Å²) < 4.78 is 0. The molecule has 64 valence electrons. The van der Waals surface area contributed by atoms with Gasteiger partial charge in [-0.1, -0.05) is 31.4 Å². The van der Waals surface area contributed by atoms with E-state index in [1.54, 1.807) is 0 Å². The van der Waals surface area contributed by atoms with Gasteiger partial charge >= 0.3 is 0 Å². The van der Waals surface area contributed by atoms with E-state index in [2.05, 4.69) is 17.3 Å². The Kier molecular flexibility index (Phi) is 3.33. The quantitative estimate of drug-likeness (QED) is 0.371. The Morgan fingerprint density at radius 3 is 2.73 bits per heavy atom. The van der Waals surface area contributed by atoms with E-state index in [1.165, 1.54) is 32.1 Å². The molecule has 2 unspecified atom stereocenters. The van der Waals surface area contributed by atoms with Gasteiger partial charge in [-0.2, -0.15) is 5.11 Å². The highest BCUT2D eigenvalue weighted by Gasteiger charge is 2.22. The maximum Gasteiger partial charge on any atom is 0.0757 e. The zero-order valence-electron chi connectivity index (χ0n) is 7.16. The SMILES string of the molecule is CCC1CCCCC1N=NN. The minimum Gasteiger partial charge on any atom is -0.305 e. The molecule has 1 aliphatic rings. The molecule has 0 heterocycles. The highest BCUT2D eigenvalue weighted by molar-refractivity contribution is 4.78. The minimum atomic E-state index is 0.416. The lowest BCUT2D eigenvalue weighted by atomic mass is 9.83. The molecule has 3 nitrogen and oxygen atoms in total. The molecule has 1 saturated carbocycles. The van der Waals surface area contributed by atoms with Crippen molar-refractivity contribution in [3.8, 4) is 0 Å². The van der Waals surface area contributed by atoms with Crippen molar-refractivity contribution < 1.29 is 0 Å². The molecule has 0 aliphatic heterocycles. The summed E-state index contributed by atoms with van der Waals surface area (Å²) >= 11 is 0. The van der Waals surface area contributed by atoms with Crippen molar-refractivity contribution in [1.82, 2.24) is 0 Å². The van der Waals surface area contributed by atoms with Gasteiger partial charge in [-0.05, 0) is 18.8 Å². The molecule has 1 aliphatic carbocycles. The standard InChI is InChI=1S/C8H17N3/c1-2-7-5-3-4-6-8(7)10-11-9/h7-8H,2-6H2,1H3,(H2,9,10). The van der Waals surface area contributed by atoms with Gasteiger partial charge < -0.3 is 5.84 Å². The first kappa shape index (κ1) is 8.50. The van der Waals surface area contributed by atoms with Crippen LogP contribution in [-0.4, -0.2) is 6.04 Å². The third kappa shape index (κ3) is 2.17. The lowest BCUT2D eigenvalue weighted by molar-refractivity contribution is 0.293. The van der Waals surface area contributed by atoms with Crippen molar-refractivity contribution in [3.63, 3.8) is 0 Å². The van der Waals surface area contributed by atoms with E-state index >= 15 is 0 Å². The zero-order chi connectivity index (χ0) is 8.10. The average Bonchev–Trinajstić information content (AvgIpc) is 2.06. The van der Waals surface area contributed by atoms with E-state index in [0.717, 1.165) is 5.92 Å². The molecular formula is C8H17N3. The zero-order valence-corrected chi connectivity index (χ0v) is 7.16. The van der Waals surface area contributed by atoms with Crippen molar-refractivity contribution in [2.75, 3.05) is 0 Å². The summed E-state index contributed by atoms with van der Waals surface area (Å²) in [6, 6.07) is 0.416. The number of nitrogens with two attached hydrogens (primary N) is 1. The van der Waals surface area contributed by atoms with Crippen LogP contribution in [0.4, 0.5) is 0 Å². The monoisotopic (exact) mass is 155 g/mol. The Balaban J connectivity index is 2.44. The summed E-state index contributed by atoms with van der Waals surface area (Å²) in [6.07, 6.45) is 6.35. The van der Waals surface area contributed by atoms with E-state index in [1.807, 2.05) is 0 Å². The maximum absolute atomic E-state index is 5.03. The molecule has 0 aromatic heterocycles. The summed E-state index contributed by atoms with van der Waals surface area (Å²) in [6.45, 7) is 2.22. The molecule has 11 heavy (non-hydrogen) atoms. The van der Waals surface area contributed by atoms with Gasteiger partial charge in [0, 0.05) is 0 Å². The number of nitrogens with zero attached hydrogens (tertiary/aromatic N) is 2. The molecule has 0 bridgehead atoms. The molecule has 3 heteroatoms. The smallest absolute Gasteiger partial charge is 0.0757 e. The highest BCUT2D eigenvalue weighted by atomic mass is 15.3. The number of rotatable bonds is 2. The van der Waals surface area contributed by atoms with E-state index in [-0.39, 0.29) is 0 Å².